The molecule has 0 atom stereocenters. The summed E-state index contributed by atoms with van der Waals surface area (Å²) in [7, 11) is 0. The Labute approximate surface area is 210 Å². The third kappa shape index (κ3) is 3.58. The maximum absolute atomic E-state index is 2.47. The number of anilines is 1. The summed E-state index contributed by atoms with van der Waals surface area (Å²) in [5.74, 6) is 0. The van der Waals surface area contributed by atoms with E-state index in [0.717, 1.165) is 13.1 Å². The summed E-state index contributed by atoms with van der Waals surface area (Å²) in [6.45, 7) is 15.8. The van der Waals surface area contributed by atoms with Crippen molar-refractivity contribution in [3.63, 3.8) is 0 Å². The van der Waals surface area contributed by atoms with Crippen LogP contribution in [0.4, 0.5) is 11.4 Å². The van der Waals surface area contributed by atoms with Gasteiger partial charge in [-0.05, 0) is 62.2 Å². The Hall–Kier alpha value is -3.39. The van der Waals surface area contributed by atoms with Crippen molar-refractivity contribution in [3.8, 4) is 0 Å². The van der Waals surface area contributed by atoms with Gasteiger partial charge in [0, 0.05) is 41.1 Å². The first-order chi connectivity index (χ1) is 16.8. The molecule has 0 unspecified atom stereocenters. The van der Waals surface area contributed by atoms with Crippen molar-refractivity contribution in [2.24, 2.45) is 0 Å². The lowest BCUT2D eigenvalue weighted by Gasteiger charge is -2.25. The molecule has 0 aliphatic carbocycles. The van der Waals surface area contributed by atoms with Crippen LogP contribution in [0.2, 0.25) is 0 Å². The van der Waals surface area contributed by atoms with E-state index >= 15 is 0 Å². The molecule has 3 aromatic carbocycles. The smallest absolute Gasteiger partial charge is 0.210 e. The zero-order valence-electron chi connectivity index (χ0n) is 22.0. The van der Waals surface area contributed by atoms with Gasteiger partial charge in [0.1, 0.15) is 6.54 Å². The van der Waals surface area contributed by atoms with Crippen molar-refractivity contribution in [2.75, 3.05) is 18.0 Å². The predicted octanol–water partition coefficient (Wildman–Crippen LogP) is 8.05. The Morgan fingerprint density at radius 1 is 0.800 bits per heavy atom. The van der Waals surface area contributed by atoms with Gasteiger partial charge in [-0.2, -0.15) is 4.58 Å². The summed E-state index contributed by atoms with van der Waals surface area (Å²) in [5.41, 5.74) is 8.18. The second kappa shape index (κ2) is 8.68. The minimum Gasteiger partial charge on any atom is -0.344 e. The highest BCUT2D eigenvalue weighted by Crippen LogP contribution is 2.47. The Morgan fingerprint density at radius 3 is 2.31 bits per heavy atom. The average Bonchev–Trinajstić information content (AvgIpc) is 3.22. The summed E-state index contributed by atoms with van der Waals surface area (Å²) in [6, 6.07) is 22.1. The van der Waals surface area contributed by atoms with Crippen molar-refractivity contribution in [2.45, 2.75) is 52.4 Å². The van der Waals surface area contributed by atoms with E-state index in [1.54, 1.807) is 0 Å². The van der Waals surface area contributed by atoms with E-state index in [9.17, 15) is 0 Å². The average molecular weight is 462 g/mol. The lowest BCUT2D eigenvalue weighted by Crippen LogP contribution is -2.27. The maximum Gasteiger partial charge on any atom is 0.210 e. The summed E-state index contributed by atoms with van der Waals surface area (Å²) >= 11 is 0. The molecule has 2 heterocycles. The fourth-order valence-corrected chi connectivity index (χ4v) is 6.22. The fourth-order valence-electron chi connectivity index (χ4n) is 6.22. The van der Waals surface area contributed by atoms with Gasteiger partial charge in [-0.3, -0.25) is 0 Å². The van der Waals surface area contributed by atoms with Crippen LogP contribution in [0.15, 0.2) is 96.7 Å². The van der Waals surface area contributed by atoms with Gasteiger partial charge in [0.15, 0.2) is 5.71 Å². The molecule has 0 saturated heterocycles. The van der Waals surface area contributed by atoms with Crippen LogP contribution in [0.3, 0.4) is 0 Å². The first-order valence-electron chi connectivity index (χ1n) is 12.9. The molecule has 35 heavy (non-hydrogen) atoms. The second-order valence-electron chi connectivity index (χ2n) is 10.6. The number of hydrogen-bond acceptors (Lipinski definition) is 1. The van der Waals surface area contributed by atoms with Gasteiger partial charge in [0.25, 0.3) is 0 Å². The highest BCUT2D eigenvalue weighted by Gasteiger charge is 2.45. The molecule has 2 aliphatic rings. The number of hydrogen-bond donors (Lipinski definition) is 0. The summed E-state index contributed by atoms with van der Waals surface area (Å²) in [4.78, 5) is 2.44. The van der Waals surface area contributed by atoms with Gasteiger partial charge in [0.05, 0.1) is 5.41 Å². The lowest BCUT2D eigenvalue weighted by molar-refractivity contribution is -0.433. The van der Waals surface area contributed by atoms with E-state index in [1.807, 2.05) is 0 Å². The molecule has 2 aliphatic heterocycles. The molecule has 0 fully saturated rings. The number of benzene rings is 3. The van der Waals surface area contributed by atoms with E-state index in [2.05, 4.69) is 142 Å². The molecule has 0 saturated carbocycles. The zero-order chi connectivity index (χ0) is 24.8. The van der Waals surface area contributed by atoms with Gasteiger partial charge in [-0.15, -0.1) is 0 Å². The van der Waals surface area contributed by atoms with Crippen molar-refractivity contribution in [3.05, 3.63) is 108 Å². The highest BCUT2D eigenvalue weighted by atomic mass is 15.2. The van der Waals surface area contributed by atoms with E-state index in [1.165, 1.54) is 44.7 Å². The Kier molecular flexibility index (Phi) is 5.79. The second-order valence-corrected chi connectivity index (χ2v) is 10.6. The summed E-state index contributed by atoms with van der Waals surface area (Å²) in [6.07, 6.45) is 11.2. The molecule has 0 amide bonds. The third-order valence-corrected chi connectivity index (χ3v) is 7.92. The molecule has 2 nitrogen and oxygen atoms in total. The Bertz CT molecular complexity index is 1410. The van der Waals surface area contributed by atoms with Gasteiger partial charge in [-0.1, -0.05) is 74.5 Å². The van der Waals surface area contributed by atoms with Crippen LogP contribution in [0.25, 0.3) is 10.8 Å². The van der Waals surface area contributed by atoms with E-state index in [0.29, 0.717) is 0 Å². The number of likely N-dealkylation sites (N-methyl/N-ethyl adjacent to an activating group) is 1. The molecule has 2 heteroatoms. The van der Waals surface area contributed by atoms with Crippen LogP contribution >= 0.6 is 0 Å². The van der Waals surface area contributed by atoms with Crippen LogP contribution in [0.5, 0.6) is 0 Å². The number of para-hydroxylation sites is 1. The Balaban J connectivity index is 1.46. The van der Waals surface area contributed by atoms with E-state index < -0.39 is 0 Å². The molecule has 0 N–H and O–H groups in total. The number of nitrogens with zero attached hydrogens (tertiary/aromatic N) is 2. The fraction of sp³-hybridized carbons (Fsp3) is 0.303. The first-order valence-corrected chi connectivity index (χ1v) is 12.9. The molecule has 0 bridgehead atoms. The van der Waals surface area contributed by atoms with Gasteiger partial charge >= 0.3 is 0 Å². The third-order valence-electron chi connectivity index (χ3n) is 7.92. The Morgan fingerprint density at radius 2 is 1.54 bits per heavy atom. The van der Waals surface area contributed by atoms with Crippen molar-refractivity contribution >= 4 is 27.9 Å². The first kappa shape index (κ1) is 23.4. The lowest BCUT2D eigenvalue weighted by atomic mass is 9.79. The zero-order valence-corrected chi connectivity index (χ0v) is 22.0. The minimum atomic E-state index is -0.0525. The van der Waals surface area contributed by atoms with Gasteiger partial charge in [0.2, 0.25) is 5.69 Å². The molecule has 178 valence electrons. The quantitative estimate of drug-likeness (QED) is 0.275. The van der Waals surface area contributed by atoms with Crippen molar-refractivity contribution < 1.29 is 4.58 Å². The number of fused-ring (bicyclic) bond motifs is 4. The maximum atomic E-state index is 2.47. The SMILES string of the molecule is CCN1/C(=C/C=C/C=C/C2=[N+](CC)c3ccc4ccccc4c3C2(C)C)C(C)(C)c2ccccc21. The number of allylic oxidation sites excluding steroid dienone is 6. The van der Waals surface area contributed by atoms with E-state index in [-0.39, 0.29) is 10.8 Å². The van der Waals surface area contributed by atoms with Crippen LogP contribution < -0.4 is 4.90 Å². The van der Waals surface area contributed by atoms with Gasteiger partial charge < -0.3 is 4.90 Å². The van der Waals surface area contributed by atoms with Crippen LogP contribution in [0, 0.1) is 0 Å². The summed E-state index contributed by atoms with van der Waals surface area (Å²) < 4.78 is 2.47. The predicted molar refractivity (Wildman–Crippen MR) is 151 cm³/mol. The standard InChI is InChI=1S/C33H37N2/c1-7-34-27-19-15-14-18-26(27)32(3,4)29(34)20-10-9-11-21-30-33(5,6)31-25-17-13-12-16-24(25)22-23-28(31)35(30)8-2/h9-23H,7-8H2,1-6H3/q+1. The molecular weight excluding hydrogens is 424 g/mol. The van der Waals surface area contributed by atoms with Crippen molar-refractivity contribution in [1.29, 1.82) is 0 Å². The normalized spacial score (nSPS) is 19.5. The van der Waals surface area contributed by atoms with Crippen LogP contribution in [0.1, 0.15) is 52.7 Å². The van der Waals surface area contributed by atoms with Crippen molar-refractivity contribution in [1.82, 2.24) is 0 Å². The molecule has 5 rings (SSSR count). The highest BCUT2D eigenvalue weighted by molar-refractivity contribution is 6.07. The van der Waals surface area contributed by atoms with Gasteiger partial charge in [-0.25, -0.2) is 0 Å². The largest absolute Gasteiger partial charge is 0.344 e. The molecule has 3 aromatic rings. The number of rotatable bonds is 5. The van der Waals surface area contributed by atoms with Crippen LogP contribution in [-0.4, -0.2) is 23.4 Å². The summed E-state index contributed by atoms with van der Waals surface area (Å²) in [5, 5.41) is 2.67. The topological polar surface area (TPSA) is 6.25 Å². The monoisotopic (exact) mass is 461 g/mol. The molecular formula is C33H37N2+. The molecule has 0 aromatic heterocycles. The molecule has 0 radical (unpaired) electrons. The minimum absolute atomic E-state index is 0.00453. The molecule has 0 spiro atoms. The van der Waals surface area contributed by atoms with Crippen LogP contribution in [-0.2, 0) is 10.8 Å². The van der Waals surface area contributed by atoms with E-state index in [4.69, 9.17) is 0 Å².